The highest BCUT2D eigenvalue weighted by Crippen LogP contribution is 2.29. The number of ether oxygens (including phenoxy) is 2. The molecule has 1 saturated heterocycles. The van der Waals surface area contributed by atoms with Crippen molar-refractivity contribution < 1.29 is 14.3 Å². The van der Waals surface area contributed by atoms with Crippen molar-refractivity contribution in [1.82, 2.24) is 0 Å². The number of carbonyl (C=O) groups excluding carboxylic acids is 1. The third-order valence-electron chi connectivity index (χ3n) is 5.09. The predicted octanol–water partition coefficient (Wildman–Crippen LogP) is 4.85. The number of hydrogen-bond acceptors (Lipinski definition) is 3. The van der Waals surface area contributed by atoms with Gasteiger partial charge in [0.1, 0.15) is 11.5 Å². The van der Waals surface area contributed by atoms with Crippen molar-refractivity contribution in [2.75, 3.05) is 18.6 Å². The lowest BCUT2D eigenvalue weighted by Gasteiger charge is -2.18. The van der Waals surface area contributed by atoms with Crippen molar-refractivity contribution in [3.05, 3.63) is 78.4 Å². The van der Waals surface area contributed by atoms with Gasteiger partial charge in [-0.3, -0.25) is 4.79 Å². The van der Waals surface area contributed by atoms with E-state index in [0.717, 1.165) is 28.1 Å². The molecule has 4 nitrogen and oxygen atoms in total. The van der Waals surface area contributed by atoms with E-state index >= 15 is 0 Å². The van der Waals surface area contributed by atoms with E-state index in [4.69, 9.17) is 9.47 Å². The van der Waals surface area contributed by atoms with E-state index in [1.165, 1.54) is 0 Å². The van der Waals surface area contributed by atoms with Crippen molar-refractivity contribution >= 4 is 11.6 Å². The molecule has 28 heavy (non-hydrogen) atoms. The van der Waals surface area contributed by atoms with Crippen LogP contribution in [0.1, 0.15) is 12.0 Å². The number of methoxy groups -OCH3 is 1. The van der Waals surface area contributed by atoms with Crippen LogP contribution >= 0.6 is 0 Å². The first kappa shape index (κ1) is 18.1. The lowest BCUT2D eigenvalue weighted by Crippen LogP contribution is -2.32. The molecule has 1 aliphatic heterocycles. The molecule has 1 aliphatic rings. The second kappa shape index (κ2) is 7.77. The Balaban J connectivity index is 1.45. The van der Waals surface area contributed by atoms with Gasteiger partial charge < -0.3 is 14.4 Å². The molecule has 142 valence electrons. The van der Waals surface area contributed by atoms with Gasteiger partial charge in [0, 0.05) is 18.7 Å². The Labute approximate surface area is 165 Å². The first-order valence-electron chi connectivity index (χ1n) is 9.44. The van der Waals surface area contributed by atoms with Crippen LogP contribution in [-0.2, 0) is 4.79 Å². The maximum Gasteiger partial charge on any atom is 0.268 e. The Hall–Kier alpha value is -3.27. The average molecular weight is 373 g/mol. The van der Waals surface area contributed by atoms with Crippen LogP contribution in [0.4, 0.5) is 5.69 Å². The number of amides is 1. The Bertz CT molecular complexity index is 967. The van der Waals surface area contributed by atoms with Crippen LogP contribution < -0.4 is 14.4 Å². The fourth-order valence-electron chi connectivity index (χ4n) is 3.57. The molecule has 0 aliphatic carbocycles. The second-order valence-electron chi connectivity index (χ2n) is 6.93. The molecule has 1 unspecified atom stereocenters. The summed E-state index contributed by atoms with van der Waals surface area (Å²) in [5.41, 5.74) is 4.18. The van der Waals surface area contributed by atoms with Gasteiger partial charge in [-0.1, -0.05) is 42.5 Å². The topological polar surface area (TPSA) is 38.8 Å². The van der Waals surface area contributed by atoms with Crippen LogP contribution in [0.3, 0.4) is 0 Å². The van der Waals surface area contributed by atoms with Gasteiger partial charge in [0.05, 0.1) is 7.11 Å². The number of benzene rings is 3. The SMILES string of the molecule is COc1ccc(N2CCC(Oc3ccc(-c4ccccc4)cc3)C2=O)cc1C. The highest BCUT2D eigenvalue weighted by molar-refractivity contribution is 5.99. The molecule has 0 N–H and O–H groups in total. The van der Waals surface area contributed by atoms with Gasteiger partial charge in [0.25, 0.3) is 5.91 Å². The summed E-state index contributed by atoms with van der Waals surface area (Å²) in [4.78, 5) is 14.6. The molecule has 4 rings (SSSR count). The zero-order valence-electron chi connectivity index (χ0n) is 16.1. The molecule has 0 aromatic heterocycles. The third kappa shape index (κ3) is 3.58. The minimum absolute atomic E-state index is 0.00305. The van der Waals surface area contributed by atoms with Gasteiger partial charge in [-0.25, -0.2) is 0 Å². The van der Waals surface area contributed by atoms with Crippen molar-refractivity contribution in [3.63, 3.8) is 0 Å². The molecule has 0 spiro atoms. The summed E-state index contributed by atoms with van der Waals surface area (Å²) < 4.78 is 11.3. The minimum Gasteiger partial charge on any atom is -0.496 e. The van der Waals surface area contributed by atoms with Gasteiger partial charge in [0.15, 0.2) is 6.10 Å². The first-order chi connectivity index (χ1) is 13.7. The summed E-state index contributed by atoms with van der Waals surface area (Å²) in [7, 11) is 1.65. The molecular formula is C24H23NO3. The van der Waals surface area contributed by atoms with Gasteiger partial charge in [-0.05, 0) is 53.9 Å². The predicted molar refractivity (Wildman–Crippen MR) is 111 cm³/mol. The molecule has 0 bridgehead atoms. The summed E-state index contributed by atoms with van der Waals surface area (Å²) in [5.74, 6) is 1.53. The zero-order chi connectivity index (χ0) is 19.5. The molecule has 1 heterocycles. The molecule has 3 aromatic rings. The Morgan fingerprint density at radius 3 is 2.32 bits per heavy atom. The van der Waals surface area contributed by atoms with Crippen LogP contribution in [-0.4, -0.2) is 25.7 Å². The highest BCUT2D eigenvalue weighted by Gasteiger charge is 2.34. The molecule has 0 saturated carbocycles. The molecule has 3 aromatic carbocycles. The Morgan fingerprint density at radius 1 is 0.929 bits per heavy atom. The number of nitrogens with zero attached hydrogens (tertiary/aromatic N) is 1. The summed E-state index contributed by atoms with van der Waals surface area (Å²) in [6.45, 7) is 2.63. The zero-order valence-corrected chi connectivity index (χ0v) is 16.1. The summed E-state index contributed by atoms with van der Waals surface area (Å²) in [5, 5.41) is 0. The smallest absolute Gasteiger partial charge is 0.268 e. The van der Waals surface area contributed by atoms with E-state index in [2.05, 4.69) is 12.1 Å². The average Bonchev–Trinajstić information content (AvgIpc) is 3.09. The number of hydrogen-bond donors (Lipinski definition) is 0. The number of anilines is 1. The number of carbonyl (C=O) groups is 1. The van der Waals surface area contributed by atoms with Crippen LogP contribution in [0.2, 0.25) is 0 Å². The number of aryl methyl sites for hydroxylation is 1. The normalized spacial score (nSPS) is 16.3. The fraction of sp³-hybridized carbons (Fsp3) is 0.208. The fourth-order valence-corrected chi connectivity index (χ4v) is 3.57. The van der Waals surface area contributed by atoms with Crippen LogP contribution in [0.15, 0.2) is 72.8 Å². The van der Waals surface area contributed by atoms with Crippen molar-refractivity contribution in [2.24, 2.45) is 0 Å². The van der Waals surface area contributed by atoms with Crippen LogP contribution in [0.25, 0.3) is 11.1 Å². The Morgan fingerprint density at radius 2 is 1.64 bits per heavy atom. The van der Waals surface area contributed by atoms with Gasteiger partial charge >= 0.3 is 0 Å². The van der Waals surface area contributed by atoms with Crippen molar-refractivity contribution in [2.45, 2.75) is 19.4 Å². The summed E-state index contributed by atoms with van der Waals surface area (Å²) in [6, 6.07) is 23.9. The first-order valence-corrected chi connectivity index (χ1v) is 9.44. The quantitative estimate of drug-likeness (QED) is 0.641. The Kier molecular flexibility index (Phi) is 5.02. The molecular weight excluding hydrogens is 350 g/mol. The largest absolute Gasteiger partial charge is 0.496 e. The molecule has 1 fully saturated rings. The number of rotatable bonds is 5. The highest BCUT2D eigenvalue weighted by atomic mass is 16.5. The maximum atomic E-state index is 12.8. The van der Waals surface area contributed by atoms with Crippen molar-refractivity contribution in [3.8, 4) is 22.6 Å². The second-order valence-corrected chi connectivity index (χ2v) is 6.93. The molecule has 1 atom stereocenters. The van der Waals surface area contributed by atoms with E-state index in [9.17, 15) is 4.79 Å². The van der Waals surface area contributed by atoms with E-state index in [0.29, 0.717) is 18.7 Å². The summed E-state index contributed by atoms with van der Waals surface area (Å²) in [6.07, 6.45) is 0.217. The van der Waals surface area contributed by atoms with Gasteiger partial charge in [-0.2, -0.15) is 0 Å². The molecule has 1 amide bonds. The molecule has 0 radical (unpaired) electrons. The monoisotopic (exact) mass is 373 g/mol. The van der Waals surface area contributed by atoms with E-state index in [-0.39, 0.29) is 5.91 Å². The van der Waals surface area contributed by atoms with E-state index in [1.54, 1.807) is 12.0 Å². The molecule has 4 heteroatoms. The van der Waals surface area contributed by atoms with E-state index < -0.39 is 6.10 Å². The van der Waals surface area contributed by atoms with Crippen LogP contribution in [0, 0.1) is 6.92 Å². The van der Waals surface area contributed by atoms with Gasteiger partial charge in [0.2, 0.25) is 0 Å². The standard InChI is InChI=1S/C24H23NO3/c1-17-16-20(10-13-22(17)27-2)25-15-14-23(24(25)26)28-21-11-8-19(9-12-21)18-6-4-3-5-7-18/h3-13,16,23H,14-15H2,1-2H3. The third-order valence-corrected chi connectivity index (χ3v) is 5.09. The van der Waals surface area contributed by atoms with Crippen LogP contribution in [0.5, 0.6) is 11.5 Å². The van der Waals surface area contributed by atoms with Crippen molar-refractivity contribution in [1.29, 1.82) is 0 Å². The minimum atomic E-state index is -0.454. The maximum absolute atomic E-state index is 12.8. The van der Waals surface area contributed by atoms with Gasteiger partial charge in [-0.15, -0.1) is 0 Å². The summed E-state index contributed by atoms with van der Waals surface area (Å²) >= 11 is 0. The lowest BCUT2D eigenvalue weighted by atomic mass is 10.1. The lowest BCUT2D eigenvalue weighted by molar-refractivity contribution is -0.122. The van der Waals surface area contributed by atoms with E-state index in [1.807, 2.05) is 67.6 Å².